The molecule has 0 radical (unpaired) electrons. The third-order valence-electron chi connectivity index (χ3n) is 2.14. The van der Waals surface area contributed by atoms with Crippen LogP contribution in [0.1, 0.15) is 31.9 Å². The Morgan fingerprint density at radius 1 is 1.31 bits per heavy atom. The molecule has 0 heterocycles. The van der Waals surface area contributed by atoms with Crippen LogP contribution in [0.2, 0.25) is 0 Å². The van der Waals surface area contributed by atoms with Gasteiger partial charge in [0.25, 0.3) is 0 Å². The van der Waals surface area contributed by atoms with Crippen LogP contribution in [0.5, 0.6) is 0 Å². The highest BCUT2D eigenvalue weighted by Gasteiger charge is 2.08. The summed E-state index contributed by atoms with van der Waals surface area (Å²) in [6.07, 6.45) is 0.0440. The zero-order valence-corrected chi connectivity index (χ0v) is 10.3. The van der Waals surface area contributed by atoms with E-state index in [0.29, 0.717) is 12.1 Å². The average molecular weight is 243 g/mol. The van der Waals surface area contributed by atoms with E-state index in [1.807, 2.05) is 6.92 Å². The molecular weight excluding hydrogens is 226 g/mol. The Morgan fingerprint density at radius 2 is 1.88 bits per heavy atom. The van der Waals surface area contributed by atoms with Gasteiger partial charge in [0.2, 0.25) is 10.0 Å². The van der Waals surface area contributed by atoms with Crippen molar-refractivity contribution in [2.75, 3.05) is 10.5 Å². The van der Waals surface area contributed by atoms with Crippen LogP contribution in [0.4, 0.5) is 5.69 Å². The van der Waals surface area contributed by atoms with Gasteiger partial charge in [-0.2, -0.15) is 0 Å². The first-order valence-corrected chi connectivity index (χ1v) is 6.88. The van der Waals surface area contributed by atoms with E-state index in [0.717, 1.165) is 5.56 Å². The van der Waals surface area contributed by atoms with Crippen molar-refractivity contribution in [2.24, 2.45) is 0 Å². The quantitative estimate of drug-likeness (QED) is 0.830. The fourth-order valence-electron chi connectivity index (χ4n) is 1.33. The zero-order chi connectivity index (χ0) is 12.2. The number of hydrogen-bond acceptors (Lipinski definition) is 3. The van der Waals surface area contributed by atoms with E-state index in [1.165, 1.54) is 0 Å². The molecule has 0 aromatic heterocycles. The van der Waals surface area contributed by atoms with E-state index >= 15 is 0 Å². The van der Waals surface area contributed by atoms with Crippen molar-refractivity contribution in [3.05, 3.63) is 29.8 Å². The summed E-state index contributed by atoms with van der Waals surface area (Å²) in [6.45, 7) is 3.48. The van der Waals surface area contributed by atoms with Gasteiger partial charge in [0.1, 0.15) is 0 Å². The monoisotopic (exact) mass is 243 g/mol. The van der Waals surface area contributed by atoms with Crippen LogP contribution in [-0.4, -0.2) is 19.3 Å². The van der Waals surface area contributed by atoms with E-state index in [2.05, 4.69) is 4.72 Å². The molecule has 5 heteroatoms. The molecule has 0 bridgehead atoms. The number of anilines is 1. The first-order chi connectivity index (χ1) is 7.44. The largest absolute Gasteiger partial charge is 0.389 e. The van der Waals surface area contributed by atoms with Crippen LogP contribution >= 0.6 is 0 Å². The lowest BCUT2D eigenvalue weighted by molar-refractivity contribution is 0.199. The summed E-state index contributed by atoms with van der Waals surface area (Å²) in [5.74, 6) is 0.116. The van der Waals surface area contributed by atoms with Crippen molar-refractivity contribution >= 4 is 15.7 Å². The second kappa shape index (κ2) is 5.32. The van der Waals surface area contributed by atoms with E-state index in [-0.39, 0.29) is 5.75 Å². The van der Waals surface area contributed by atoms with Crippen molar-refractivity contribution < 1.29 is 13.5 Å². The van der Waals surface area contributed by atoms with E-state index in [4.69, 9.17) is 0 Å². The maximum Gasteiger partial charge on any atom is 0.232 e. The van der Waals surface area contributed by atoms with Gasteiger partial charge in [-0.3, -0.25) is 4.72 Å². The molecular formula is C11H17NO3S. The third kappa shape index (κ3) is 3.83. The highest BCUT2D eigenvalue weighted by atomic mass is 32.2. The third-order valence-corrected chi connectivity index (χ3v) is 3.63. The first kappa shape index (κ1) is 13.0. The van der Waals surface area contributed by atoms with Gasteiger partial charge in [0, 0.05) is 5.69 Å². The molecule has 0 aliphatic heterocycles. The number of rotatable bonds is 5. The number of nitrogens with one attached hydrogen (secondary N) is 1. The van der Waals surface area contributed by atoms with Crippen LogP contribution in [-0.2, 0) is 10.0 Å². The van der Waals surface area contributed by atoms with Gasteiger partial charge in [-0.05, 0) is 31.0 Å². The Balaban J connectivity index is 2.76. The Hall–Kier alpha value is -1.07. The molecule has 1 aromatic carbocycles. The molecule has 0 saturated carbocycles. The molecule has 1 aromatic rings. The molecule has 4 nitrogen and oxygen atoms in total. The van der Waals surface area contributed by atoms with Gasteiger partial charge in [-0.1, -0.05) is 19.1 Å². The van der Waals surface area contributed by atoms with Gasteiger partial charge < -0.3 is 5.11 Å². The van der Waals surface area contributed by atoms with Crippen molar-refractivity contribution in [2.45, 2.75) is 26.4 Å². The molecule has 90 valence electrons. The molecule has 0 aliphatic rings. The van der Waals surface area contributed by atoms with Gasteiger partial charge in [0.15, 0.2) is 0 Å². The van der Waals surface area contributed by atoms with Crippen molar-refractivity contribution in [3.8, 4) is 0 Å². The summed E-state index contributed by atoms with van der Waals surface area (Å²) in [5.41, 5.74) is 1.29. The maximum atomic E-state index is 11.5. The van der Waals surface area contributed by atoms with Gasteiger partial charge in [0.05, 0.1) is 11.9 Å². The Labute approximate surface area is 96.4 Å². The maximum absolute atomic E-state index is 11.5. The molecule has 0 spiro atoms. The van der Waals surface area contributed by atoms with Gasteiger partial charge in [-0.15, -0.1) is 0 Å². The van der Waals surface area contributed by atoms with E-state index in [1.54, 1.807) is 31.2 Å². The van der Waals surface area contributed by atoms with Crippen molar-refractivity contribution in [3.63, 3.8) is 0 Å². The van der Waals surface area contributed by atoms with Gasteiger partial charge >= 0.3 is 0 Å². The lowest BCUT2D eigenvalue weighted by atomic mass is 10.1. The average Bonchev–Trinajstić information content (AvgIpc) is 2.17. The number of aliphatic hydroxyl groups is 1. The molecule has 0 fully saturated rings. The summed E-state index contributed by atoms with van der Waals surface area (Å²) in [4.78, 5) is 0. The summed E-state index contributed by atoms with van der Waals surface area (Å²) in [7, 11) is -3.23. The first-order valence-electron chi connectivity index (χ1n) is 5.23. The van der Waals surface area contributed by atoms with Crippen LogP contribution in [0.25, 0.3) is 0 Å². The smallest absolute Gasteiger partial charge is 0.232 e. The molecule has 0 saturated heterocycles. The molecule has 1 atom stereocenters. The highest BCUT2D eigenvalue weighted by Crippen LogP contribution is 2.16. The van der Waals surface area contributed by atoms with Crippen molar-refractivity contribution in [1.29, 1.82) is 0 Å². The Bertz CT molecular complexity index is 423. The summed E-state index contributed by atoms with van der Waals surface area (Å²) in [5, 5.41) is 9.29. The van der Waals surface area contributed by atoms with Crippen LogP contribution in [0.15, 0.2) is 24.3 Å². The van der Waals surface area contributed by atoms with Crippen LogP contribution in [0.3, 0.4) is 0 Å². The second-order valence-electron chi connectivity index (χ2n) is 3.72. The summed E-state index contributed by atoms with van der Waals surface area (Å²) < 4.78 is 25.4. The molecule has 2 N–H and O–H groups in total. The van der Waals surface area contributed by atoms with Crippen LogP contribution < -0.4 is 4.72 Å². The van der Waals surface area contributed by atoms with Crippen molar-refractivity contribution in [1.82, 2.24) is 0 Å². The minimum Gasteiger partial charge on any atom is -0.389 e. The minimum atomic E-state index is -3.23. The number of benzene rings is 1. The number of hydrogen-bond donors (Lipinski definition) is 2. The number of sulfonamides is 1. The minimum absolute atomic E-state index is 0.116. The predicted molar refractivity (Wildman–Crippen MR) is 64.8 cm³/mol. The lowest BCUT2D eigenvalue weighted by Crippen LogP contribution is -2.16. The zero-order valence-electron chi connectivity index (χ0n) is 9.47. The van der Waals surface area contributed by atoms with E-state index in [9.17, 15) is 13.5 Å². The SMILES string of the molecule is CCCS(=O)(=O)Nc1ccc([C@H](C)O)cc1. The predicted octanol–water partition coefficient (Wildman–Crippen LogP) is 1.89. The standard InChI is InChI=1S/C11H17NO3S/c1-3-8-16(14,15)12-11-6-4-10(5-7-11)9(2)13/h4-7,9,12-13H,3,8H2,1-2H3/t9-/m0/s1. The van der Waals surface area contributed by atoms with E-state index < -0.39 is 16.1 Å². The molecule has 0 aliphatic carbocycles. The molecule has 16 heavy (non-hydrogen) atoms. The fourth-order valence-corrected chi connectivity index (χ4v) is 2.46. The summed E-state index contributed by atoms with van der Waals surface area (Å²) >= 11 is 0. The molecule has 0 unspecified atom stereocenters. The topological polar surface area (TPSA) is 66.4 Å². The molecule has 0 amide bonds. The Morgan fingerprint density at radius 3 is 2.31 bits per heavy atom. The highest BCUT2D eigenvalue weighted by molar-refractivity contribution is 7.92. The van der Waals surface area contributed by atoms with Crippen LogP contribution in [0, 0.1) is 0 Å². The summed E-state index contributed by atoms with van der Waals surface area (Å²) in [6, 6.07) is 6.70. The fraction of sp³-hybridized carbons (Fsp3) is 0.455. The second-order valence-corrected chi connectivity index (χ2v) is 5.56. The lowest BCUT2D eigenvalue weighted by Gasteiger charge is -2.08. The normalized spacial score (nSPS) is 13.4. The number of aliphatic hydroxyl groups excluding tert-OH is 1. The Kier molecular flexibility index (Phi) is 4.32. The van der Waals surface area contributed by atoms with Gasteiger partial charge in [-0.25, -0.2) is 8.42 Å². The molecule has 1 rings (SSSR count).